The van der Waals surface area contributed by atoms with Gasteiger partial charge in [-0.15, -0.1) is 0 Å². The first-order chi connectivity index (χ1) is 5.92. The second-order valence-electron chi connectivity index (χ2n) is 2.77. The Hall–Kier alpha value is -1.35. The number of hydrogen-bond acceptors (Lipinski definition) is 2. The van der Waals surface area contributed by atoms with Crippen LogP contribution in [0.2, 0.25) is 0 Å². The van der Waals surface area contributed by atoms with Gasteiger partial charge in [0.15, 0.2) is 0 Å². The third-order valence-electron chi connectivity index (χ3n) is 1.94. The highest BCUT2D eigenvalue weighted by Crippen LogP contribution is 2.15. The van der Waals surface area contributed by atoms with Crippen LogP contribution in [0.5, 0.6) is 0 Å². The third-order valence-corrected chi connectivity index (χ3v) is 1.94. The summed E-state index contributed by atoms with van der Waals surface area (Å²) in [5, 5.41) is 4.37. The number of rotatable bonds is 2. The van der Waals surface area contributed by atoms with Gasteiger partial charge < -0.3 is 10.3 Å². The number of aromatic amines is 1. The average Bonchev–Trinajstić information content (AvgIpc) is 2.50. The van der Waals surface area contributed by atoms with Gasteiger partial charge in [-0.25, -0.2) is 0 Å². The third kappa shape index (κ3) is 1.08. The minimum absolute atomic E-state index is 0.893. The Morgan fingerprint density at radius 1 is 1.58 bits per heavy atom. The molecule has 0 aliphatic heterocycles. The lowest BCUT2D eigenvalue weighted by Gasteiger charge is -1.95. The molecule has 2 aromatic heterocycles. The molecule has 0 bridgehead atoms. The van der Waals surface area contributed by atoms with Gasteiger partial charge in [-0.05, 0) is 18.7 Å². The van der Waals surface area contributed by atoms with Crippen molar-refractivity contribution >= 4 is 10.9 Å². The molecule has 12 heavy (non-hydrogen) atoms. The van der Waals surface area contributed by atoms with E-state index in [4.69, 9.17) is 0 Å². The smallest absolute Gasteiger partial charge is 0.0643 e. The summed E-state index contributed by atoms with van der Waals surface area (Å²) in [7, 11) is 1.94. The number of hydrogen-bond donors (Lipinski definition) is 2. The number of fused-ring (bicyclic) bond motifs is 1. The molecule has 3 nitrogen and oxygen atoms in total. The van der Waals surface area contributed by atoms with Gasteiger partial charge in [0.25, 0.3) is 0 Å². The van der Waals surface area contributed by atoms with E-state index >= 15 is 0 Å². The number of aromatic nitrogens is 2. The molecule has 3 heteroatoms. The Morgan fingerprint density at radius 3 is 3.33 bits per heavy atom. The van der Waals surface area contributed by atoms with Gasteiger partial charge in [0.1, 0.15) is 0 Å². The van der Waals surface area contributed by atoms with E-state index in [1.807, 2.05) is 31.7 Å². The number of pyridine rings is 1. The Morgan fingerprint density at radius 2 is 2.50 bits per heavy atom. The second kappa shape index (κ2) is 2.95. The van der Waals surface area contributed by atoms with Crippen molar-refractivity contribution in [2.75, 3.05) is 7.05 Å². The molecule has 0 aliphatic carbocycles. The SMILES string of the molecule is CNCc1c[nH]c2cnccc12. The van der Waals surface area contributed by atoms with Crippen molar-refractivity contribution in [2.45, 2.75) is 6.54 Å². The van der Waals surface area contributed by atoms with E-state index in [1.165, 1.54) is 10.9 Å². The van der Waals surface area contributed by atoms with Gasteiger partial charge in [-0.1, -0.05) is 0 Å². The molecule has 0 aromatic carbocycles. The van der Waals surface area contributed by atoms with Crippen molar-refractivity contribution in [2.24, 2.45) is 0 Å². The molecule has 0 spiro atoms. The summed E-state index contributed by atoms with van der Waals surface area (Å²) in [5.41, 5.74) is 2.39. The fraction of sp³-hybridized carbons (Fsp3) is 0.222. The van der Waals surface area contributed by atoms with Crippen molar-refractivity contribution in [3.05, 3.63) is 30.2 Å². The molecule has 2 heterocycles. The van der Waals surface area contributed by atoms with Crippen LogP contribution in [0.4, 0.5) is 0 Å². The van der Waals surface area contributed by atoms with Gasteiger partial charge >= 0.3 is 0 Å². The van der Waals surface area contributed by atoms with Crippen molar-refractivity contribution in [1.29, 1.82) is 0 Å². The van der Waals surface area contributed by atoms with Crippen molar-refractivity contribution < 1.29 is 0 Å². The van der Waals surface area contributed by atoms with Crippen LogP contribution in [-0.4, -0.2) is 17.0 Å². The van der Waals surface area contributed by atoms with Gasteiger partial charge in [0, 0.05) is 24.3 Å². The zero-order chi connectivity index (χ0) is 8.39. The van der Waals surface area contributed by atoms with Gasteiger partial charge in [-0.3, -0.25) is 4.98 Å². The second-order valence-corrected chi connectivity index (χ2v) is 2.77. The summed E-state index contributed by atoms with van der Waals surface area (Å²) in [6, 6.07) is 2.03. The Labute approximate surface area is 70.8 Å². The highest BCUT2D eigenvalue weighted by molar-refractivity contribution is 5.81. The van der Waals surface area contributed by atoms with E-state index in [1.54, 1.807) is 0 Å². The topological polar surface area (TPSA) is 40.7 Å². The van der Waals surface area contributed by atoms with Crippen molar-refractivity contribution in [3.8, 4) is 0 Å². The summed E-state index contributed by atoms with van der Waals surface area (Å²) in [6.07, 6.45) is 5.67. The molecule has 0 fully saturated rings. The molecule has 0 amide bonds. The van der Waals surface area contributed by atoms with Gasteiger partial charge in [-0.2, -0.15) is 0 Å². The summed E-state index contributed by atoms with van der Waals surface area (Å²) in [4.78, 5) is 7.21. The van der Waals surface area contributed by atoms with E-state index in [0.29, 0.717) is 0 Å². The molecule has 0 aliphatic rings. The van der Waals surface area contributed by atoms with Crippen LogP contribution in [0, 0.1) is 0 Å². The first kappa shape index (κ1) is 7.31. The summed E-state index contributed by atoms with van der Waals surface area (Å²) in [5.74, 6) is 0. The van der Waals surface area contributed by atoms with E-state index in [-0.39, 0.29) is 0 Å². The Bertz CT molecular complexity index is 378. The van der Waals surface area contributed by atoms with Crippen molar-refractivity contribution in [3.63, 3.8) is 0 Å². The van der Waals surface area contributed by atoms with Crippen LogP contribution < -0.4 is 5.32 Å². The first-order valence-electron chi connectivity index (χ1n) is 3.96. The predicted octanol–water partition coefficient (Wildman–Crippen LogP) is 1.28. The fourth-order valence-corrected chi connectivity index (χ4v) is 1.37. The van der Waals surface area contributed by atoms with Crippen molar-refractivity contribution in [1.82, 2.24) is 15.3 Å². The maximum Gasteiger partial charge on any atom is 0.0643 e. The first-order valence-corrected chi connectivity index (χ1v) is 3.96. The molecular weight excluding hydrogens is 150 g/mol. The highest BCUT2D eigenvalue weighted by Gasteiger charge is 2.00. The average molecular weight is 161 g/mol. The monoisotopic (exact) mass is 161 g/mol. The summed E-state index contributed by atoms with van der Waals surface area (Å²) in [6.45, 7) is 0.893. The quantitative estimate of drug-likeness (QED) is 0.696. The standard InChI is InChI=1S/C9H11N3/c1-10-4-7-5-12-9-6-11-3-2-8(7)9/h2-3,5-6,10,12H,4H2,1H3. The number of H-pyrrole nitrogens is 1. The van der Waals surface area contributed by atoms with Crippen LogP contribution in [0.1, 0.15) is 5.56 Å². The molecule has 0 saturated heterocycles. The van der Waals surface area contributed by atoms with Crippen LogP contribution in [0.15, 0.2) is 24.7 Å². The molecule has 2 rings (SSSR count). The Balaban J connectivity index is 2.55. The maximum absolute atomic E-state index is 4.03. The van der Waals surface area contributed by atoms with E-state index in [9.17, 15) is 0 Å². The largest absolute Gasteiger partial charge is 0.360 e. The molecule has 2 N–H and O–H groups in total. The lowest BCUT2D eigenvalue weighted by atomic mass is 10.2. The molecule has 0 atom stereocenters. The lowest BCUT2D eigenvalue weighted by Crippen LogP contribution is -2.03. The van der Waals surface area contributed by atoms with Gasteiger partial charge in [0.2, 0.25) is 0 Å². The normalized spacial score (nSPS) is 10.8. The fourth-order valence-electron chi connectivity index (χ4n) is 1.37. The molecule has 62 valence electrons. The van der Waals surface area contributed by atoms with Gasteiger partial charge in [0.05, 0.1) is 11.7 Å². The Kier molecular flexibility index (Phi) is 1.80. The molecule has 0 saturated carbocycles. The molecule has 0 unspecified atom stereocenters. The minimum Gasteiger partial charge on any atom is -0.360 e. The summed E-state index contributed by atoms with van der Waals surface area (Å²) < 4.78 is 0. The van der Waals surface area contributed by atoms with E-state index in [0.717, 1.165) is 12.1 Å². The predicted molar refractivity (Wildman–Crippen MR) is 48.9 cm³/mol. The van der Waals surface area contributed by atoms with E-state index in [2.05, 4.69) is 15.3 Å². The highest BCUT2D eigenvalue weighted by atomic mass is 14.8. The molecular formula is C9H11N3. The number of nitrogens with zero attached hydrogens (tertiary/aromatic N) is 1. The van der Waals surface area contributed by atoms with Crippen LogP contribution >= 0.6 is 0 Å². The van der Waals surface area contributed by atoms with Crippen LogP contribution in [0.25, 0.3) is 10.9 Å². The van der Waals surface area contributed by atoms with E-state index < -0.39 is 0 Å². The minimum atomic E-state index is 0.893. The molecule has 2 aromatic rings. The zero-order valence-electron chi connectivity index (χ0n) is 6.96. The van der Waals surface area contributed by atoms with Crippen LogP contribution in [-0.2, 0) is 6.54 Å². The van der Waals surface area contributed by atoms with Crippen LogP contribution in [0.3, 0.4) is 0 Å². The summed E-state index contributed by atoms with van der Waals surface area (Å²) >= 11 is 0. The molecule has 0 radical (unpaired) electrons. The zero-order valence-corrected chi connectivity index (χ0v) is 6.96. The maximum atomic E-state index is 4.03. The number of nitrogens with one attached hydrogen (secondary N) is 2. The lowest BCUT2D eigenvalue weighted by molar-refractivity contribution is 0.823.